The minimum absolute atomic E-state index is 0.153. The van der Waals surface area contributed by atoms with Crippen molar-refractivity contribution in [3.8, 4) is 17.1 Å². The first kappa shape index (κ1) is 21.8. The molecular weight excluding hydrogens is 430 g/mol. The lowest BCUT2D eigenvalue weighted by Gasteiger charge is -2.32. The van der Waals surface area contributed by atoms with E-state index >= 15 is 0 Å². The number of likely N-dealkylation sites (tertiary alicyclic amines) is 1. The maximum atomic E-state index is 13.1. The van der Waals surface area contributed by atoms with Crippen LogP contribution in [0.3, 0.4) is 0 Å². The van der Waals surface area contributed by atoms with Crippen molar-refractivity contribution < 1.29 is 4.79 Å². The SMILES string of the molecule is Cc1c(Cl)cccc1-n1c(SC(C)C(=O)N2CCC(C)CC2)nnc1-c1ccncc1. The zero-order valence-electron chi connectivity index (χ0n) is 18.0. The fraction of sp³-hybridized carbons (Fsp3) is 0.391. The maximum Gasteiger partial charge on any atom is 0.235 e. The van der Waals surface area contributed by atoms with Crippen LogP contribution >= 0.6 is 23.4 Å². The molecule has 1 amide bonds. The number of halogens is 1. The van der Waals surface area contributed by atoms with Crippen LogP contribution in [0.2, 0.25) is 5.02 Å². The van der Waals surface area contributed by atoms with Crippen molar-refractivity contribution in [3.05, 3.63) is 53.3 Å². The summed E-state index contributed by atoms with van der Waals surface area (Å²) in [6.07, 6.45) is 5.59. The van der Waals surface area contributed by atoms with Crippen molar-refractivity contribution in [1.82, 2.24) is 24.6 Å². The Hall–Kier alpha value is -2.38. The summed E-state index contributed by atoms with van der Waals surface area (Å²) in [7, 11) is 0. The number of hydrogen-bond acceptors (Lipinski definition) is 5. The maximum absolute atomic E-state index is 13.1. The minimum Gasteiger partial charge on any atom is -0.342 e. The highest BCUT2D eigenvalue weighted by atomic mass is 35.5. The van der Waals surface area contributed by atoms with Gasteiger partial charge in [0.05, 0.1) is 10.9 Å². The Labute approximate surface area is 192 Å². The number of rotatable bonds is 5. The molecule has 0 N–H and O–H groups in total. The molecule has 1 fully saturated rings. The topological polar surface area (TPSA) is 63.9 Å². The average Bonchev–Trinajstić information content (AvgIpc) is 3.19. The van der Waals surface area contributed by atoms with Crippen molar-refractivity contribution in [2.24, 2.45) is 5.92 Å². The summed E-state index contributed by atoms with van der Waals surface area (Å²) < 4.78 is 1.99. The molecule has 0 radical (unpaired) electrons. The molecule has 0 spiro atoms. The Balaban J connectivity index is 1.69. The molecule has 4 rings (SSSR count). The van der Waals surface area contributed by atoms with E-state index in [0.29, 0.717) is 21.9 Å². The normalized spacial score (nSPS) is 15.8. The second kappa shape index (κ2) is 9.40. The summed E-state index contributed by atoms with van der Waals surface area (Å²) in [4.78, 5) is 19.2. The molecule has 31 heavy (non-hydrogen) atoms. The summed E-state index contributed by atoms with van der Waals surface area (Å²) >= 11 is 7.86. The molecule has 1 aliphatic rings. The van der Waals surface area contributed by atoms with Crippen LogP contribution in [0.5, 0.6) is 0 Å². The summed E-state index contributed by atoms with van der Waals surface area (Å²) in [5, 5.41) is 10.0. The Kier molecular flexibility index (Phi) is 6.62. The van der Waals surface area contributed by atoms with Crippen molar-refractivity contribution in [1.29, 1.82) is 0 Å². The molecule has 1 saturated heterocycles. The number of aromatic nitrogens is 4. The summed E-state index contributed by atoms with van der Waals surface area (Å²) in [6, 6.07) is 9.58. The van der Waals surface area contributed by atoms with Crippen molar-refractivity contribution in [2.45, 2.75) is 44.0 Å². The third-order valence-electron chi connectivity index (χ3n) is 5.78. The number of carbonyl (C=O) groups excluding carboxylic acids is 1. The summed E-state index contributed by atoms with van der Waals surface area (Å²) in [5.41, 5.74) is 2.74. The highest BCUT2D eigenvalue weighted by molar-refractivity contribution is 8.00. The predicted molar refractivity (Wildman–Crippen MR) is 125 cm³/mol. The lowest BCUT2D eigenvalue weighted by molar-refractivity contribution is -0.131. The van der Waals surface area contributed by atoms with Crippen molar-refractivity contribution >= 4 is 29.3 Å². The molecule has 0 bridgehead atoms. The molecule has 8 heteroatoms. The van der Waals surface area contributed by atoms with Gasteiger partial charge < -0.3 is 4.90 Å². The van der Waals surface area contributed by atoms with Gasteiger partial charge in [0.25, 0.3) is 0 Å². The minimum atomic E-state index is -0.263. The standard InChI is InChI=1S/C23H26ClN5OS/c1-15-9-13-28(14-10-15)22(30)17(3)31-23-27-26-21(18-7-11-25-12-8-18)29(23)20-6-4-5-19(24)16(20)2/h4-8,11-12,15,17H,9-10,13-14H2,1-3H3. The van der Waals surface area contributed by atoms with Gasteiger partial charge in [-0.1, -0.05) is 36.4 Å². The number of pyridine rings is 1. The molecule has 1 unspecified atom stereocenters. The van der Waals surface area contributed by atoms with Crippen LogP contribution in [-0.4, -0.2) is 48.9 Å². The Morgan fingerprint density at radius 1 is 1.16 bits per heavy atom. The van der Waals surface area contributed by atoms with Crippen LogP contribution in [-0.2, 0) is 4.79 Å². The van der Waals surface area contributed by atoms with Gasteiger partial charge >= 0.3 is 0 Å². The van der Waals surface area contributed by atoms with E-state index < -0.39 is 0 Å². The average molecular weight is 456 g/mol. The van der Waals surface area contributed by atoms with Gasteiger partial charge in [0.2, 0.25) is 5.91 Å². The molecule has 0 saturated carbocycles. The number of hydrogen-bond donors (Lipinski definition) is 0. The van der Waals surface area contributed by atoms with Gasteiger partial charge in [-0.05, 0) is 62.4 Å². The number of amides is 1. The van der Waals surface area contributed by atoms with Crippen LogP contribution in [0.4, 0.5) is 0 Å². The van der Waals surface area contributed by atoms with E-state index in [1.165, 1.54) is 11.8 Å². The number of carbonyl (C=O) groups is 1. The second-order valence-electron chi connectivity index (χ2n) is 8.03. The van der Waals surface area contributed by atoms with Crippen LogP contribution in [0, 0.1) is 12.8 Å². The monoisotopic (exact) mass is 455 g/mol. The van der Waals surface area contributed by atoms with Crippen molar-refractivity contribution in [3.63, 3.8) is 0 Å². The molecule has 162 valence electrons. The van der Waals surface area contributed by atoms with Crippen LogP contribution in [0.25, 0.3) is 17.1 Å². The van der Waals surface area contributed by atoms with Crippen LogP contribution < -0.4 is 0 Å². The lowest BCUT2D eigenvalue weighted by atomic mass is 9.99. The van der Waals surface area contributed by atoms with E-state index in [2.05, 4.69) is 22.1 Å². The third-order valence-corrected chi connectivity index (χ3v) is 7.22. The Bertz CT molecular complexity index is 1060. The van der Waals surface area contributed by atoms with E-state index in [0.717, 1.165) is 42.7 Å². The molecule has 2 aromatic heterocycles. The number of benzene rings is 1. The van der Waals surface area contributed by atoms with Gasteiger partial charge in [0.1, 0.15) is 0 Å². The first-order valence-electron chi connectivity index (χ1n) is 10.5. The highest BCUT2D eigenvalue weighted by Crippen LogP contribution is 2.33. The van der Waals surface area contributed by atoms with E-state index in [1.807, 2.05) is 53.6 Å². The molecule has 3 heterocycles. The van der Waals surface area contributed by atoms with E-state index in [9.17, 15) is 4.79 Å². The molecular formula is C23H26ClN5OS. The van der Waals surface area contributed by atoms with Gasteiger partial charge in [-0.25, -0.2) is 0 Å². The molecule has 3 aromatic rings. The highest BCUT2D eigenvalue weighted by Gasteiger charge is 2.28. The van der Waals surface area contributed by atoms with E-state index in [4.69, 9.17) is 11.6 Å². The molecule has 0 aliphatic carbocycles. The fourth-order valence-electron chi connectivity index (χ4n) is 3.78. The number of nitrogens with zero attached hydrogens (tertiary/aromatic N) is 5. The largest absolute Gasteiger partial charge is 0.342 e. The predicted octanol–water partition coefficient (Wildman–Crippen LogP) is 5.03. The molecule has 1 atom stereocenters. The van der Waals surface area contributed by atoms with Gasteiger partial charge in [0, 0.05) is 36.1 Å². The number of thioether (sulfide) groups is 1. The first-order valence-corrected chi connectivity index (χ1v) is 11.8. The lowest BCUT2D eigenvalue weighted by Crippen LogP contribution is -2.41. The molecule has 1 aliphatic heterocycles. The smallest absolute Gasteiger partial charge is 0.235 e. The molecule has 1 aromatic carbocycles. The first-order chi connectivity index (χ1) is 15.0. The Morgan fingerprint density at radius 3 is 2.58 bits per heavy atom. The second-order valence-corrected chi connectivity index (χ2v) is 9.74. The van der Waals surface area contributed by atoms with Gasteiger partial charge in [-0.2, -0.15) is 0 Å². The molecule has 6 nitrogen and oxygen atoms in total. The van der Waals surface area contributed by atoms with E-state index in [-0.39, 0.29) is 11.2 Å². The van der Waals surface area contributed by atoms with Crippen molar-refractivity contribution in [2.75, 3.05) is 13.1 Å². The van der Waals surface area contributed by atoms with Crippen LogP contribution in [0.1, 0.15) is 32.3 Å². The number of piperidine rings is 1. The summed E-state index contributed by atoms with van der Waals surface area (Å²) in [5.74, 6) is 1.53. The summed E-state index contributed by atoms with van der Waals surface area (Å²) in [6.45, 7) is 7.82. The van der Waals surface area contributed by atoms with Gasteiger partial charge in [0.15, 0.2) is 11.0 Å². The quantitative estimate of drug-likeness (QED) is 0.505. The van der Waals surface area contributed by atoms with Gasteiger partial charge in [-0.15, -0.1) is 10.2 Å². The zero-order chi connectivity index (χ0) is 22.0. The van der Waals surface area contributed by atoms with Gasteiger partial charge in [-0.3, -0.25) is 14.3 Å². The zero-order valence-corrected chi connectivity index (χ0v) is 19.5. The van der Waals surface area contributed by atoms with Crippen LogP contribution in [0.15, 0.2) is 47.9 Å². The third kappa shape index (κ3) is 4.62. The fourth-order valence-corrected chi connectivity index (χ4v) is 4.90. The Morgan fingerprint density at radius 2 is 1.87 bits per heavy atom. The van der Waals surface area contributed by atoms with E-state index in [1.54, 1.807) is 12.4 Å².